The van der Waals surface area contributed by atoms with E-state index in [0.717, 1.165) is 16.3 Å². The second kappa shape index (κ2) is 7.43. The fourth-order valence-electron chi connectivity index (χ4n) is 3.65. The number of benzene rings is 3. The Labute approximate surface area is 167 Å². The van der Waals surface area contributed by atoms with Crippen molar-refractivity contribution in [2.75, 3.05) is 0 Å². The first-order valence-electron chi connectivity index (χ1n) is 9.31. The second-order valence-corrected chi connectivity index (χ2v) is 7.03. The predicted octanol–water partition coefficient (Wildman–Crippen LogP) is 3.43. The van der Waals surface area contributed by atoms with Gasteiger partial charge in [-0.25, -0.2) is 4.79 Å². The van der Waals surface area contributed by atoms with Gasteiger partial charge in [-0.15, -0.1) is 0 Å². The van der Waals surface area contributed by atoms with Gasteiger partial charge in [0.2, 0.25) is 0 Å². The normalized spacial score (nSPS) is 11.1. The van der Waals surface area contributed by atoms with Gasteiger partial charge in [0.05, 0.1) is 0 Å². The minimum absolute atomic E-state index is 0.112. The lowest BCUT2D eigenvalue weighted by Gasteiger charge is -2.14. The number of carbonyl (C=O) groups is 1. The number of carboxylic acids is 1. The zero-order valence-corrected chi connectivity index (χ0v) is 16.2. The summed E-state index contributed by atoms with van der Waals surface area (Å²) in [4.78, 5) is 23.2. The van der Waals surface area contributed by atoms with Crippen LogP contribution in [0.4, 0.5) is 0 Å². The van der Waals surface area contributed by atoms with E-state index < -0.39 is 18.0 Å². The van der Waals surface area contributed by atoms with Gasteiger partial charge in [-0.2, -0.15) is 0 Å². The molecule has 0 fully saturated rings. The molecule has 0 radical (unpaired) electrons. The number of carbonyl (C=O) groups excluding carboxylic acids is 1. The third-order valence-corrected chi connectivity index (χ3v) is 5.24. The minimum Gasteiger partial charge on any atom is -0.550 e. The molecule has 0 bridgehead atoms. The predicted molar refractivity (Wildman–Crippen MR) is 109 cm³/mol. The molecular formula is C24H19O5-. The van der Waals surface area contributed by atoms with E-state index in [1.54, 1.807) is 13.0 Å². The molecule has 0 spiro atoms. The Bertz CT molecular complexity index is 1290. The molecule has 146 valence electrons. The van der Waals surface area contributed by atoms with Gasteiger partial charge < -0.3 is 19.1 Å². The fraction of sp³-hybridized carbons (Fsp3) is 0.167. The average Bonchev–Trinajstić information content (AvgIpc) is 2.71. The Morgan fingerprint density at radius 3 is 2.52 bits per heavy atom. The van der Waals surface area contributed by atoms with Crippen molar-refractivity contribution in [1.82, 2.24) is 0 Å². The van der Waals surface area contributed by atoms with Gasteiger partial charge in [-0.1, -0.05) is 42.5 Å². The maximum atomic E-state index is 12.3. The van der Waals surface area contributed by atoms with Crippen molar-refractivity contribution in [1.29, 1.82) is 0 Å². The minimum atomic E-state index is -1.31. The van der Waals surface area contributed by atoms with E-state index in [4.69, 9.17) is 9.15 Å². The van der Waals surface area contributed by atoms with Gasteiger partial charge in [0.25, 0.3) is 0 Å². The molecule has 0 unspecified atom stereocenters. The monoisotopic (exact) mass is 387 g/mol. The Morgan fingerprint density at radius 2 is 1.72 bits per heavy atom. The molecule has 0 saturated carbocycles. The zero-order chi connectivity index (χ0) is 20.5. The van der Waals surface area contributed by atoms with E-state index >= 15 is 0 Å². The van der Waals surface area contributed by atoms with Crippen LogP contribution in [0.3, 0.4) is 0 Å². The van der Waals surface area contributed by atoms with Crippen molar-refractivity contribution in [3.63, 3.8) is 0 Å². The quantitative estimate of drug-likeness (QED) is 0.490. The summed E-state index contributed by atoms with van der Waals surface area (Å²) in [5.41, 5.74) is 2.21. The summed E-state index contributed by atoms with van der Waals surface area (Å²) >= 11 is 0. The number of ether oxygens (including phenoxy) is 1. The molecular weight excluding hydrogens is 368 g/mol. The van der Waals surface area contributed by atoms with Crippen molar-refractivity contribution in [3.05, 3.63) is 87.3 Å². The number of aliphatic carboxylic acids is 1. The van der Waals surface area contributed by atoms with E-state index in [1.165, 1.54) is 0 Å². The molecule has 0 amide bonds. The summed E-state index contributed by atoms with van der Waals surface area (Å²) in [5.74, 6) is -0.702. The van der Waals surface area contributed by atoms with Crippen LogP contribution in [0.2, 0.25) is 0 Å². The lowest BCUT2D eigenvalue weighted by molar-refractivity contribution is -0.304. The number of hydrogen-bond acceptors (Lipinski definition) is 5. The van der Waals surface area contributed by atoms with Crippen LogP contribution in [0.1, 0.15) is 22.3 Å². The zero-order valence-electron chi connectivity index (χ0n) is 16.2. The standard InChI is InChI=1S/C24H20O5/c1-14-18-10-11-21(15(2)23(18)29-24(27)20(14)12-22(25)26)28-13-17-8-5-7-16-6-3-4-9-19(16)17/h3-11H,12-13H2,1-2H3,(H,25,26)/p-1. The molecule has 5 nitrogen and oxygen atoms in total. The van der Waals surface area contributed by atoms with Gasteiger partial charge in [-0.05, 0) is 47.9 Å². The summed E-state index contributed by atoms with van der Waals surface area (Å²) in [6.45, 7) is 3.91. The molecule has 3 aromatic carbocycles. The number of rotatable bonds is 5. The van der Waals surface area contributed by atoms with E-state index in [9.17, 15) is 14.7 Å². The fourth-order valence-corrected chi connectivity index (χ4v) is 3.65. The SMILES string of the molecule is Cc1c(CC(=O)[O-])c(=O)oc2c(C)c(OCc3cccc4ccccc34)ccc12. The van der Waals surface area contributed by atoms with Crippen LogP contribution in [-0.2, 0) is 17.8 Å². The third kappa shape index (κ3) is 3.47. The summed E-state index contributed by atoms with van der Waals surface area (Å²) in [5, 5.41) is 13.9. The Kier molecular flexibility index (Phi) is 4.80. The van der Waals surface area contributed by atoms with E-state index in [0.29, 0.717) is 34.5 Å². The molecule has 29 heavy (non-hydrogen) atoms. The van der Waals surface area contributed by atoms with Crippen molar-refractivity contribution in [3.8, 4) is 5.75 Å². The van der Waals surface area contributed by atoms with Gasteiger partial charge in [-0.3, -0.25) is 0 Å². The van der Waals surface area contributed by atoms with E-state index in [-0.39, 0.29) is 5.56 Å². The Morgan fingerprint density at radius 1 is 0.966 bits per heavy atom. The molecule has 0 aliphatic rings. The largest absolute Gasteiger partial charge is 0.550 e. The molecule has 1 aromatic heterocycles. The molecule has 0 saturated heterocycles. The molecule has 1 heterocycles. The van der Waals surface area contributed by atoms with Gasteiger partial charge in [0.15, 0.2) is 0 Å². The second-order valence-electron chi connectivity index (χ2n) is 7.03. The number of carboxylic acid groups (broad SMARTS) is 1. The van der Waals surface area contributed by atoms with Crippen LogP contribution in [0, 0.1) is 13.8 Å². The maximum absolute atomic E-state index is 12.3. The highest BCUT2D eigenvalue weighted by molar-refractivity contribution is 5.87. The van der Waals surface area contributed by atoms with Crippen LogP contribution in [0.15, 0.2) is 63.8 Å². The van der Waals surface area contributed by atoms with Crippen molar-refractivity contribution < 1.29 is 19.1 Å². The van der Waals surface area contributed by atoms with Crippen LogP contribution >= 0.6 is 0 Å². The van der Waals surface area contributed by atoms with Crippen LogP contribution < -0.4 is 15.5 Å². The Hall–Kier alpha value is -3.60. The van der Waals surface area contributed by atoms with Crippen LogP contribution in [0.25, 0.3) is 21.7 Å². The summed E-state index contributed by atoms with van der Waals surface area (Å²) in [6.07, 6.45) is -0.470. The topological polar surface area (TPSA) is 79.6 Å². The van der Waals surface area contributed by atoms with Crippen molar-refractivity contribution in [2.24, 2.45) is 0 Å². The van der Waals surface area contributed by atoms with E-state index in [2.05, 4.69) is 18.2 Å². The highest BCUT2D eigenvalue weighted by Gasteiger charge is 2.15. The molecule has 0 aliphatic heterocycles. The number of fused-ring (bicyclic) bond motifs is 2. The molecule has 4 aromatic rings. The van der Waals surface area contributed by atoms with Gasteiger partial charge >= 0.3 is 5.63 Å². The highest BCUT2D eigenvalue weighted by atomic mass is 16.5. The summed E-state index contributed by atoms with van der Waals surface area (Å²) in [7, 11) is 0. The van der Waals surface area contributed by atoms with Crippen molar-refractivity contribution in [2.45, 2.75) is 26.9 Å². The first-order valence-corrected chi connectivity index (χ1v) is 9.31. The first kappa shape index (κ1) is 18.7. The number of hydrogen-bond donors (Lipinski definition) is 0. The average molecular weight is 387 g/mol. The highest BCUT2D eigenvalue weighted by Crippen LogP contribution is 2.30. The lowest BCUT2D eigenvalue weighted by atomic mass is 10.0. The van der Waals surface area contributed by atoms with Crippen molar-refractivity contribution >= 4 is 27.7 Å². The molecule has 0 aliphatic carbocycles. The Balaban J connectivity index is 1.71. The molecule has 0 atom stereocenters. The van der Waals surface area contributed by atoms with Crippen LogP contribution in [0.5, 0.6) is 5.75 Å². The van der Waals surface area contributed by atoms with Gasteiger partial charge in [0, 0.05) is 28.9 Å². The lowest BCUT2D eigenvalue weighted by Crippen LogP contribution is -2.27. The molecule has 5 heteroatoms. The van der Waals surface area contributed by atoms with E-state index in [1.807, 2.05) is 37.3 Å². The summed E-state index contributed by atoms with van der Waals surface area (Å²) in [6, 6.07) is 17.8. The first-order chi connectivity index (χ1) is 14.0. The van der Waals surface area contributed by atoms with Gasteiger partial charge in [0.1, 0.15) is 17.9 Å². The maximum Gasteiger partial charge on any atom is 0.340 e. The van der Waals surface area contributed by atoms with Crippen LogP contribution in [-0.4, -0.2) is 5.97 Å². The number of aryl methyl sites for hydroxylation is 2. The molecule has 0 N–H and O–H groups in total. The smallest absolute Gasteiger partial charge is 0.340 e. The summed E-state index contributed by atoms with van der Waals surface area (Å²) < 4.78 is 11.5. The third-order valence-electron chi connectivity index (χ3n) is 5.24. The molecule has 4 rings (SSSR count).